The molecule has 0 spiro atoms. The highest BCUT2D eigenvalue weighted by Gasteiger charge is 2.15. The molecule has 0 aliphatic heterocycles. The maximum absolute atomic E-state index is 4.28. The minimum absolute atomic E-state index is 0.297. The number of nitrogens with one attached hydrogen (secondary N) is 1. The van der Waals surface area contributed by atoms with Gasteiger partial charge < -0.3 is 5.32 Å². The van der Waals surface area contributed by atoms with E-state index in [1.54, 1.807) is 0 Å². The Labute approximate surface area is 109 Å². The number of nitrogens with zero attached hydrogens (tertiary/aromatic N) is 2. The highest BCUT2D eigenvalue weighted by Crippen LogP contribution is 2.24. The van der Waals surface area contributed by atoms with Gasteiger partial charge in [0.25, 0.3) is 0 Å². The molecule has 1 aromatic heterocycles. The number of aromatic nitrogens is 2. The average molecular weight is 243 g/mol. The predicted octanol–water partition coefficient (Wildman–Crippen LogP) is 2.77. The van der Waals surface area contributed by atoms with E-state index in [2.05, 4.69) is 43.3 Å². The summed E-state index contributed by atoms with van der Waals surface area (Å²) in [6.45, 7) is 7.37. The lowest BCUT2D eigenvalue weighted by Gasteiger charge is -2.22. The summed E-state index contributed by atoms with van der Waals surface area (Å²) in [7, 11) is 2.01. The summed E-state index contributed by atoms with van der Waals surface area (Å²) in [6.07, 6.45) is 3.82. The summed E-state index contributed by atoms with van der Waals surface area (Å²) in [4.78, 5) is 0. The third-order valence-corrected chi connectivity index (χ3v) is 3.36. The molecule has 0 aliphatic rings. The van der Waals surface area contributed by atoms with Crippen molar-refractivity contribution in [3.8, 4) is 0 Å². The van der Waals surface area contributed by atoms with Gasteiger partial charge in [-0.05, 0) is 50.6 Å². The molecule has 0 amide bonds. The highest BCUT2D eigenvalue weighted by molar-refractivity contribution is 5.39. The molecular weight excluding hydrogens is 222 g/mol. The highest BCUT2D eigenvalue weighted by atomic mass is 15.3. The molecule has 3 heteroatoms. The molecule has 2 aromatic rings. The zero-order valence-corrected chi connectivity index (χ0v) is 11.6. The minimum atomic E-state index is 0.297. The van der Waals surface area contributed by atoms with Crippen LogP contribution in [0.3, 0.4) is 0 Å². The number of aryl methyl sites for hydroxylation is 3. The van der Waals surface area contributed by atoms with E-state index < -0.39 is 0 Å². The second-order valence-electron chi connectivity index (χ2n) is 4.88. The van der Waals surface area contributed by atoms with Crippen LogP contribution in [0.5, 0.6) is 0 Å². The topological polar surface area (TPSA) is 29.9 Å². The van der Waals surface area contributed by atoms with Gasteiger partial charge in [0, 0.05) is 12.4 Å². The Morgan fingerprint density at radius 1 is 1.22 bits per heavy atom. The third kappa shape index (κ3) is 2.62. The van der Waals surface area contributed by atoms with E-state index in [0.29, 0.717) is 6.04 Å². The van der Waals surface area contributed by atoms with Crippen molar-refractivity contribution in [3.05, 3.63) is 52.8 Å². The molecule has 0 saturated heterocycles. The number of likely N-dealkylation sites (N-methyl/N-ethyl adjacent to an activating group) is 1. The molecule has 3 nitrogen and oxygen atoms in total. The molecule has 1 atom stereocenters. The van der Waals surface area contributed by atoms with Crippen LogP contribution in [0.25, 0.3) is 0 Å². The predicted molar refractivity (Wildman–Crippen MR) is 74.7 cm³/mol. The standard InChI is InChI=1S/C15H21N3/c1-11-8-12(2)15(13(3)9-11)14(16-4)10-18-7-5-6-17-18/h5-9,14,16H,10H2,1-4H3. The van der Waals surface area contributed by atoms with Crippen LogP contribution in [-0.4, -0.2) is 16.8 Å². The van der Waals surface area contributed by atoms with Gasteiger partial charge in [-0.15, -0.1) is 0 Å². The van der Waals surface area contributed by atoms with E-state index in [9.17, 15) is 0 Å². The first-order valence-electron chi connectivity index (χ1n) is 6.34. The Bertz CT molecular complexity index is 492. The number of hydrogen-bond acceptors (Lipinski definition) is 2. The molecule has 0 aliphatic carbocycles. The molecule has 0 fully saturated rings. The number of benzene rings is 1. The minimum Gasteiger partial charge on any atom is -0.311 e. The Morgan fingerprint density at radius 3 is 2.39 bits per heavy atom. The van der Waals surface area contributed by atoms with Gasteiger partial charge in [0.05, 0.1) is 12.6 Å². The summed E-state index contributed by atoms with van der Waals surface area (Å²) < 4.78 is 1.97. The van der Waals surface area contributed by atoms with Crippen molar-refractivity contribution >= 4 is 0 Å². The van der Waals surface area contributed by atoms with Crippen molar-refractivity contribution in [2.24, 2.45) is 0 Å². The molecule has 1 aromatic carbocycles. The van der Waals surface area contributed by atoms with E-state index in [4.69, 9.17) is 0 Å². The van der Waals surface area contributed by atoms with Gasteiger partial charge in [-0.25, -0.2) is 0 Å². The zero-order valence-electron chi connectivity index (χ0n) is 11.6. The second kappa shape index (κ2) is 5.36. The summed E-state index contributed by atoms with van der Waals surface area (Å²) in [5.41, 5.74) is 5.40. The van der Waals surface area contributed by atoms with Gasteiger partial charge in [-0.1, -0.05) is 17.7 Å². The SMILES string of the molecule is CNC(Cn1cccn1)c1c(C)cc(C)cc1C. The van der Waals surface area contributed by atoms with Gasteiger partial charge in [0.15, 0.2) is 0 Å². The Kier molecular flexibility index (Phi) is 3.82. The third-order valence-electron chi connectivity index (χ3n) is 3.36. The van der Waals surface area contributed by atoms with Crippen molar-refractivity contribution in [1.29, 1.82) is 0 Å². The number of rotatable bonds is 4. The summed E-state index contributed by atoms with van der Waals surface area (Å²) >= 11 is 0. The van der Waals surface area contributed by atoms with Gasteiger partial charge in [0.2, 0.25) is 0 Å². The van der Waals surface area contributed by atoms with E-state index in [-0.39, 0.29) is 0 Å². The Hall–Kier alpha value is -1.61. The molecule has 0 radical (unpaired) electrons. The summed E-state index contributed by atoms with van der Waals surface area (Å²) in [6, 6.07) is 6.75. The largest absolute Gasteiger partial charge is 0.311 e. The first-order chi connectivity index (χ1) is 8.61. The Morgan fingerprint density at radius 2 is 1.89 bits per heavy atom. The first-order valence-corrected chi connectivity index (χ1v) is 6.34. The quantitative estimate of drug-likeness (QED) is 0.895. The van der Waals surface area contributed by atoms with Crippen molar-refractivity contribution in [2.75, 3.05) is 7.05 Å². The van der Waals surface area contributed by atoms with Crippen LogP contribution < -0.4 is 5.32 Å². The first kappa shape index (κ1) is 12.8. The van der Waals surface area contributed by atoms with Gasteiger partial charge in [0.1, 0.15) is 0 Å². The van der Waals surface area contributed by atoms with E-state index in [1.807, 2.05) is 30.2 Å². The van der Waals surface area contributed by atoms with Crippen molar-refractivity contribution in [2.45, 2.75) is 33.4 Å². The summed E-state index contributed by atoms with van der Waals surface area (Å²) in [5, 5.41) is 7.68. The van der Waals surface area contributed by atoms with Gasteiger partial charge in [-0.2, -0.15) is 5.10 Å². The molecule has 18 heavy (non-hydrogen) atoms. The van der Waals surface area contributed by atoms with Crippen LogP contribution in [0, 0.1) is 20.8 Å². The van der Waals surface area contributed by atoms with Crippen molar-refractivity contribution < 1.29 is 0 Å². The molecule has 96 valence electrons. The lowest BCUT2D eigenvalue weighted by molar-refractivity contribution is 0.465. The molecule has 1 unspecified atom stereocenters. The van der Waals surface area contributed by atoms with Crippen LogP contribution in [0.1, 0.15) is 28.3 Å². The van der Waals surface area contributed by atoms with E-state index >= 15 is 0 Å². The van der Waals surface area contributed by atoms with Crippen LogP contribution in [-0.2, 0) is 6.54 Å². The van der Waals surface area contributed by atoms with Gasteiger partial charge in [-0.3, -0.25) is 4.68 Å². The van der Waals surface area contributed by atoms with E-state index in [1.165, 1.54) is 22.3 Å². The van der Waals surface area contributed by atoms with E-state index in [0.717, 1.165) is 6.54 Å². The van der Waals surface area contributed by atoms with Gasteiger partial charge >= 0.3 is 0 Å². The van der Waals surface area contributed by atoms with Crippen LogP contribution >= 0.6 is 0 Å². The monoisotopic (exact) mass is 243 g/mol. The maximum atomic E-state index is 4.28. The lowest BCUT2D eigenvalue weighted by Crippen LogP contribution is -2.24. The van der Waals surface area contributed by atoms with Crippen molar-refractivity contribution in [3.63, 3.8) is 0 Å². The second-order valence-corrected chi connectivity index (χ2v) is 4.88. The smallest absolute Gasteiger partial charge is 0.0604 e. The molecule has 1 N–H and O–H groups in total. The molecule has 0 saturated carbocycles. The fourth-order valence-corrected chi connectivity index (χ4v) is 2.66. The fourth-order valence-electron chi connectivity index (χ4n) is 2.66. The molecule has 2 rings (SSSR count). The molecule has 0 bridgehead atoms. The van der Waals surface area contributed by atoms with Crippen LogP contribution in [0.2, 0.25) is 0 Å². The van der Waals surface area contributed by atoms with Crippen LogP contribution in [0.4, 0.5) is 0 Å². The molecule has 1 heterocycles. The average Bonchev–Trinajstić information content (AvgIpc) is 2.79. The Balaban J connectivity index is 2.33. The normalized spacial score (nSPS) is 12.7. The van der Waals surface area contributed by atoms with Crippen molar-refractivity contribution in [1.82, 2.24) is 15.1 Å². The number of hydrogen-bond donors (Lipinski definition) is 1. The molecular formula is C15H21N3. The lowest BCUT2D eigenvalue weighted by atomic mass is 9.94. The van der Waals surface area contributed by atoms with Crippen LogP contribution in [0.15, 0.2) is 30.6 Å². The summed E-state index contributed by atoms with van der Waals surface area (Å²) in [5.74, 6) is 0. The zero-order chi connectivity index (χ0) is 13.1. The maximum Gasteiger partial charge on any atom is 0.0604 e. The fraction of sp³-hybridized carbons (Fsp3) is 0.400.